The monoisotopic (exact) mass is 286 g/mol. The lowest BCUT2D eigenvalue weighted by Crippen LogP contribution is -2.44. The van der Waals surface area contributed by atoms with E-state index >= 15 is 0 Å². The Morgan fingerprint density at radius 1 is 1.14 bits per heavy atom. The molecule has 114 valence electrons. The fourth-order valence-corrected chi connectivity index (χ4v) is 5.80. The summed E-state index contributed by atoms with van der Waals surface area (Å²) in [7, 11) is 0. The molecule has 0 bridgehead atoms. The lowest BCUT2D eigenvalue weighted by Gasteiger charge is -2.50. The minimum atomic E-state index is -0.0913. The van der Waals surface area contributed by atoms with Crippen LogP contribution in [0.3, 0.4) is 0 Å². The minimum Gasteiger partial charge on any atom is -0.508 e. The van der Waals surface area contributed by atoms with Crippen molar-refractivity contribution in [1.29, 1.82) is 0 Å². The molecule has 3 unspecified atom stereocenters. The van der Waals surface area contributed by atoms with Gasteiger partial charge in [0.25, 0.3) is 0 Å². The third-order valence-corrected chi connectivity index (χ3v) is 7.12. The van der Waals surface area contributed by atoms with Crippen molar-refractivity contribution in [1.82, 2.24) is 0 Å². The molecule has 2 N–H and O–H groups in total. The van der Waals surface area contributed by atoms with Gasteiger partial charge in [0.1, 0.15) is 5.75 Å². The highest BCUT2D eigenvalue weighted by Crippen LogP contribution is 2.61. The maximum absolute atomic E-state index is 10.4. The van der Waals surface area contributed by atoms with Gasteiger partial charge in [-0.05, 0) is 91.4 Å². The molecule has 0 aromatic heterocycles. The third kappa shape index (κ3) is 1.75. The van der Waals surface area contributed by atoms with Crippen LogP contribution in [-0.2, 0) is 6.42 Å². The zero-order valence-corrected chi connectivity index (χ0v) is 13.1. The molecule has 2 fully saturated rings. The second-order valence-electron chi connectivity index (χ2n) is 7.83. The number of hydrogen-bond acceptors (Lipinski definition) is 2. The zero-order valence-electron chi connectivity index (χ0n) is 13.1. The predicted molar refractivity (Wildman–Crippen MR) is 83.5 cm³/mol. The molecule has 21 heavy (non-hydrogen) atoms. The number of phenols is 1. The summed E-state index contributed by atoms with van der Waals surface area (Å²) >= 11 is 0. The minimum absolute atomic E-state index is 0.0913. The van der Waals surface area contributed by atoms with Gasteiger partial charge in [-0.2, -0.15) is 0 Å². The van der Waals surface area contributed by atoms with Gasteiger partial charge >= 0.3 is 0 Å². The van der Waals surface area contributed by atoms with Crippen LogP contribution in [0.2, 0.25) is 0 Å². The van der Waals surface area contributed by atoms with Crippen molar-refractivity contribution in [3.8, 4) is 5.75 Å². The predicted octanol–water partition coefficient (Wildman–Crippen LogP) is 3.92. The maximum atomic E-state index is 10.4. The van der Waals surface area contributed by atoms with Crippen molar-refractivity contribution in [3.05, 3.63) is 28.8 Å². The maximum Gasteiger partial charge on any atom is 0.118 e. The largest absolute Gasteiger partial charge is 0.508 e. The molecular formula is C19H26O2. The quantitative estimate of drug-likeness (QED) is 0.759. The molecule has 0 heterocycles. The highest BCUT2D eigenvalue weighted by molar-refractivity contribution is 5.47. The van der Waals surface area contributed by atoms with E-state index in [0.717, 1.165) is 30.7 Å². The molecular weight excluding hydrogens is 260 g/mol. The Bertz CT molecular complexity index is 579. The number of aliphatic hydroxyl groups is 1. The van der Waals surface area contributed by atoms with E-state index in [2.05, 4.69) is 19.9 Å². The van der Waals surface area contributed by atoms with E-state index in [4.69, 9.17) is 0 Å². The average Bonchev–Trinajstić information content (AvgIpc) is 2.78. The molecule has 1 aromatic rings. The van der Waals surface area contributed by atoms with Crippen molar-refractivity contribution in [3.63, 3.8) is 0 Å². The molecule has 0 saturated heterocycles. The second-order valence-corrected chi connectivity index (χ2v) is 7.83. The van der Waals surface area contributed by atoms with E-state index in [0.29, 0.717) is 17.6 Å². The molecule has 0 radical (unpaired) electrons. The van der Waals surface area contributed by atoms with Crippen molar-refractivity contribution in [2.24, 2.45) is 17.3 Å². The number of aliphatic hydroxyl groups excluding tert-OH is 1. The first-order valence-electron chi connectivity index (χ1n) is 8.52. The number of phenolic OH excluding ortho intramolecular Hbond substituents is 1. The Hall–Kier alpha value is -1.02. The highest BCUT2D eigenvalue weighted by Gasteiger charge is 2.54. The number of aromatic hydroxyl groups is 1. The van der Waals surface area contributed by atoms with Crippen molar-refractivity contribution in [2.45, 2.75) is 64.4 Å². The Kier molecular flexibility index (Phi) is 2.91. The lowest BCUT2D eigenvalue weighted by atomic mass is 9.55. The molecule has 0 aliphatic heterocycles. The van der Waals surface area contributed by atoms with Gasteiger partial charge in [0.05, 0.1) is 6.10 Å². The van der Waals surface area contributed by atoms with Gasteiger partial charge in [0.15, 0.2) is 0 Å². The Balaban J connectivity index is 1.74. The summed E-state index contributed by atoms with van der Waals surface area (Å²) < 4.78 is 0. The van der Waals surface area contributed by atoms with Crippen LogP contribution >= 0.6 is 0 Å². The van der Waals surface area contributed by atoms with Crippen LogP contribution in [0.15, 0.2) is 12.1 Å². The van der Waals surface area contributed by atoms with Crippen LogP contribution in [0, 0.1) is 24.2 Å². The average molecular weight is 286 g/mol. The van der Waals surface area contributed by atoms with Crippen LogP contribution in [0.4, 0.5) is 0 Å². The fraction of sp³-hybridized carbons (Fsp3) is 0.684. The summed E-state index contributed by atoms with van der Waals surface area (Å²) in [4.78, 5) is 0. The van der Waals surface area contributed by atoms with Crippen molar-refractivity contribution >= 4 is 0 Å². The van der Waals surface area contributed by atoms with Gasteiger partial charge in [0.2, 0.25) is 0 Å². The zero-order chi connectivity index (χ0) is 14.8. The SMILES string of the molecule is Cc1c(O)ccc2c1CCC1C2CC[C@@]2(C)C1CC[C@@H]2O. The topological polar surface area (TPSA) is 40.5 Å². The fourth-order valence-electron chi connectivity index (χ4n) is 5.80. The number of benzene rings is 1. The molecule has 1 aromatic carbocycles. The van der Waals surface area contributed by atoms with Gasteiger partial charge in [0, 0.05) is 0 Å². The van der Waals surface area contributed by atoms with Crippen LogP contribution in [0.1, 0.15) is 61.6 Å². The molecule has 3 aliphatic carbocycles. The van der Waals surface area contributed by atoms with Crippen LogP contribution in [-0.4, -0.2) is 16.3 Å². The van der Waals surface area contributed by atoms with Crippen molar-refractivity contribution in [2.75, 3.05) is 0 Å². The molecule has 0 amide bonds. The van der Waals surface area contributed by atoms with E-state index in [1.165, 1.54) is 30.4 Å². The Labute approximate surface area is 127 Å². The van der Waals surface area contributed by atoms with E-state index in [1.54, 1.807) is 0 Å². The molecule has 2 nitrogen and oxygen atoms in total. The van der Waals surface area contributed by atoms with E-state index in [1.807, 2.05) is 6.07 Å². The summed E-state index contributed by atoms with van der Waals surface area (Å²) in [6, 6.07) is 4.05. The molecule has 4 rings (SSSR count). The number of fused-ring (bicyclic) bond motifs is 5. The van der Waals surface area contributed by atoms with E-state index < -0.39 is 0 Å². The Morgan fingerprint density at radius 2 is 1.95 bits per heavy atom. The summed E-state index contributed by atoms with van der Waals surface area (Å²) in [6.07, 6.45) is 6.78. The summed E-state index contributed by atoms with van der Waals surface area (Å²) in [5, 5.41) is 20.4. The van der Waals surface area contributed by atoms with Crippen LogP contribution in [0.5, 0.6) is 5.75 Å². The molecule has 2 saturated carbocycles. The first-order chi connectivity index (χ1) is 10.0. The van der Waals surface area contributed by atoms with Crippen molar-refractivity contribution < 1.29 is 10.2 Å². The highest BCUT2D eigenvalue weighted by atomic mass is 16.3. The van der Waals surface area contributed by atoms with Gasteiger partial charge < -0.3 is 10.2 Å². The normalized spacial score (nSPS) is 41.3. The molecule has 2 heteroatoms. The van der Waals surface area contributed by atoms with Crippen LogP contribution in [0.25, 0.3) is 0 Å². The van der Waals surface area contributed by atoms with Gasteiger partial charge in [-0.3, -0.25) is 0 Å². The standard InChI is InChI=1S/C19H26O2/c1-11-12-3-4-15-14(13(12)5-7-17(11)20)9-10-19(2)16(15)6-8-18(19)21/h5,7,14-16,18,20-21H,3-4,6,8-10H2,1-2H3/t14?,15?,16?,18-,19-/m0/s1. The first kappa shape index (κ1) is 13.6. The van der Waals surface area contributed by atoms with E-state index in [-0.39, 0.29) is 11.5 Å². The van der Waals surface area contributed by atoms with Gasteiger partial charge in [-0.1, -0.05) is 13.0 Å². The summed E-state index contributed by atoms with van der Waals surface area (Å²) in [5.74, 6) is 2.52. The molecule has 3 aliphatic rings. The smallest absolute Gasteiger partial charge is 0.118 e. The van der Waals surface area contributed by atoms with Crippen LogP contribution < -0.4 is 0 Å². The summed E-state index contributed by atoms with van der Waals surface area (Å²) in [5.41, 5.74) is 4.14. The second kappa shape index (κ2) is 4.49. The molecule has 0 spiro atoms. The Morgan fingerprint density at radius 3 is 2.76 bits per heavy atom. The number of rotatable bonds is 0. The lowest BCUT2D eigenvalue weighted by molar-refractivity contribution is -0.0226. The third-order valence-electron chi connectivity index (χ3n) is 7.12. The first-order valence-corrected chi connectivity index (χ1v) is 8.52. The van der Waals surface area contributed by atoms with Gasteiger partial charge in [-0.25, -0.2) is 0 Å². The van der Waals surface area contributed by atoms with Gasteiger partial charge in [-0.15, -0.1) is 0 Å². The number of hydrogen-bond donors (Lipinski definition) is 2. The molecule has 5 atom stereocenters. The van der Waals surface area contributed by atoms with E-state index in [9.17, 15) is 10.2 Å². The summed E-state index contributed by atoms with van der Waals surface area (Å²) in [6.45, 7) is 4.38.